The highest BCUT2D eigenvalue weighted by Gasteiger charge is 2.10. The lowest BCUT2D eigenvalue weighted by molar-refractivity contribution is 0.565. The number of rotatable bonds is 10. The van der Waals surface area contributed by atoms with Gasteiger partial charge in [0.15, 0.2) is 0 Å². The predicted octanol–water partition coefficient (Wildman–Crippen LogP) is 11.6. The summed E-state index contributed by atoms with van der Waals surface area (Å²) in [5.41, 5.74) is 0. The Morgan fingerprint density at radius 2 is 1.14 bits per heavy atom. The Labute approximate surface area is 216 Å². The van der Waals surface area contributed by atoms with Crippen LogP contribution < -0.4 is 0 Å². The maximum atomic E-state index is 2.46. The molecule has 2 heteroatoms. The summed E-state index contributed by atoms with van der Waals surface area (Å²) in [6.07, 6.45) is 13.8. The highest BCUT2D eigenvalue weighted by atomic mass is 32.1. The molecule has 2 heterocycles. The molecule has 0 atom stereocenters. The van der Waals surface area contributed by atoms with Crippen LogP contribution in [-0.4, -0.2) is 0 Å². The molecule has 0 radical (unpaired) electrons. The summed E-state index contributed by atoms with van der Waals surface area (Å²) in [5, 5.41) is 13.1. The second-order valence-corrected chi connectivity index (χ2v) is 12.3. The first-order valence-corrected chi connectivity index (χ1v) is 15.2. The molecule has 0 unspecified atom stereocenters. The molecule has 2 aromatic heterocycles. The molecule has 0 nitrogen and oxygen atoms in total. The SMILES string of the molecule is CCCCCCCCCCCc1cc2cc3c(ccc4c5cc6ccsc6cc5ccc34)cc2s1. The number of hydrogen-bond donors (Lipinski definition) is 0. The zero-order valence-electron chi connectivity index (χ0n) is 20.7. The third-order valence-electron chi connectivity index (χ3n) is 7.62. The van der Waals surface area contributed by atoms with Crippen LogP contribution in [0.4, 0.5) is 0 Å². The topological polar surface area (TPSA) is 0 Å². The molecule has 0 bridgehead atoms. The molecule has 6 rings (SSSR count). The average molecular weight is 495 g/mol. The fourth-order valence-corrected chi connectivity index (χ4v) is 7.61. The van der Waals surface area contributed by atoms with E-state index in [2.05, 4.69) is 73.0 Å². The third kappa shape index (κ3) is 4.71. The lowest BCUT2D eigenvalue weighted by Crippen LogP contribution is -1.83. The van der Waals surface area contributed by atoms with E-state index in [1.54, 1.807) is 4.88 Å². The van der Waals surface area contributed by atoms with E-state index in [4.69, 9.17) is 0 Å². The van der Waals surface area contributed by atoms with Crippen molar-refractivity contribution in [1.82, 2.24) is 0 Å². The first kappa shape index (κ1) is 23.0. The Balaban J connectivity index is 1.22. The average Bonchev–Trinajstić information content (AvgIpc) is 3.50. The smallest absolute Gasteiger partial charge is 0.0352 e. The van der Waals surface area contributed by atoms with Crippen LogP contribution in [-0.2, 0) is 6.42 Å². The van der Waals surface area contributed by atoms with Crippen LogP contribution in [0.1, 0.15) is 69.6 Å². The molecule has 0 fully saturated rings. The van der Waals surface area contributed by atoms with Crippen LogP contribution in [0.2, 0.25) is 0 Å². The van der Waals surface area contributed by atoms with Crippen molar-refractivity contribution in [2.75, 3.05) is 0 Å². The van der Waals surface area contributed by atoms with E-state index < -0.39 is 0 Å². The minimum Gasteiger partial charge on any atom is -0.144 e. The summed E-state index contributed by atoms with van der Waals surface area (Å²) in [4.78, 5) is 1.55. The van der Waals surface area contributed by atoms with Gasteiger partial charge in [0.05, 0.1) is 0 Å². The van der Waals surface area contributed by atoms with Crippen LogP contribution in [0.5, 0.6) is 0 Å². The molecule has 6 aromatic rings. The summed E-state index contributed by atoms with van der Waals surface area (Å²) >= 11 is 3.83. The van der Waals surface area contributed by atoms with Gasteiger partial charge in [-0.25, -0.2) is 0 Å². The molecule has 0 saturated heterocycles. The molecule has 0 N–H and O–H groups in total. The highest BCUT2D eigenvalue weighted by molar-refractivity contribution is 7.19. The van der Waals surface area contributed by atoms with Crippen LogP contribution in [0, 0.1) is 0 Å². The maximum absolute atomic E-state index is 2.46. The van der Waals surface area contributed by atoms with Gasteiger partial charge in [0.2, 0.25) is 0 Å². The molecule has 0 aliphatic heterocycles. The first-order valence-electron chi connectivity index (χ1n) is 13.5. The first-order chi connectivity index (χ1) is 17.3. The Morgan fingerprint density at radius 3 is 1.86 bits per heavy atom. The lowest BCUT2D eigenvalue weighted by atomic mass is 9.96. The minimum absolute atomic E-state index is 1.23. The highest BCUT2D eigenvalue weighted by Crippen LogP contribution is 2.38. The summed E-state index contributed by atoms with van der Waals surface area (Å²) in [6.45, 7) is 2.29. The van der Waals surface area contributed by atoms with Crippen LogP contribution >= 0.6 is 22.7 Å². The standard InChI is InChI=1S/C33H34S2/c1-2-3-4-5-6-7-8-9-10-11-27-18-26-20-31-24(22-33(26)35-27)13-15-28-29(31)14-12-23-21-32-25(16-17-34-32)19-30(23)28/h12-22H,2-11H2,1H3. The largest absolute Gasteiger partial charge is 0.144 e. The Morgan fingerprint density at radius 1 is 0.514 bits per heavy atom. The molecular formula is C33H34S2. The van der Waals surface area contributed by atoms with E-state index in [1.165, 1.54) is 117 Å². The quantitative estimate of drug-likeness (QED) is 0.131. The molecule has 35 heavy (non-hydrogen) atoms. The number of unbranched alkanes of at least 4 members (excludes halogenated alkanes) is 8. The number of thiophene rings is 2. The number of hydrogen-bond acceptors (Lipinski definition) is 2. The van der Waals surface area contributed by atoms with E-state index in [1.807, 2.05) is 22.7 Å². The molecule has 0 aliphatic carbocycles. The van der Waals surface area contributed by atoms with Crippen molar-refractivity contribution in [3.63, 3.8) is 0 Å². The Bertz CT molecular complexity index is 1610. The summed E-state index contributed by atoms with van der Waals surface area (Å²) in [5.74, 6) is 0. The maximum Gasteiger partial charge on any atom is 0.0352 e. The molecule has 0 amide bonds. The lowest BCUT2D eigenvalue weighted by Gasteiger charge is -2.08. The van der Waals surface area contributed by atoms with Gasteiger partial charge >= 0.3 is 0 Å². The van der Waals surface area contributed by atoms with Crippen molar-refractivity contribution >= 4 is 75.2 Å². The van der Waals surface area contributed by atoms with Gasteiger partial charge in [-0.3, -0.25) is 0 Å². The zero-order chi connectivity index (χ0) is 23.6. The molecular weight excluding hydrogens is 460 g/mol. The van der Waals surface area contributed by atoms with Gasteiger partial charge in [0.1, 0.15) is 0 Å². The minimum atomic E-state index is 1.23. The second-order valence-electron chi connectivity index (χ2n) is 10.2. The van der Waals surface area contributed by atoms with Gasteiger partial charge in [-0.1, -0.05) is 82.6 Å². The molecule has 4 aromatic carbocycles. The number of aryl methyl sites for hydroxylation is 1. The van der Waals surface area contributed by atoms with Crippen LogP contribution in [0.25, 0.3) is 52.5 Å². The molecule has 0 spiro atoms. The van der Waals surface area contributed by atoms with Crippen molar-refractivity contribution in [2.45, 2.75) is 71.1 Å². The summed E-state index contributed by atoms with van der Waals surface area (Å²) in [6, 6.07) is 23.6. The summed E-state index contributed by atoms with van der Waals surface area (Å²) < 4.78 is 2.81. The molecule has 0 aliphatic rings. The van der Waals surface area contributed by atoms with Crippen LogP contribution in [0.15, 0.2) is 66.0 Å². The predicted molar refractivity (Wildman–Crippen MR) is 161 cm³/mol. The van der Waals surface area contributed by atoms with Gasteiger partial charge in [-0.2, -0.15) is 0 Å². The van der Waals surface area contributed by atoms with E-state index in [-0.39, 0.29) is 0 Å². The van der Waals surface area contributed by atoms with E-state index in [0.717, 1.165) is 0 Å². The zero-order valence-corrected chi connectivity index (χ0v) is 22.4. The van der Waals surface area contributed by atoms with Crippen molar-refractivity contribution in [1.29, 1.82) is 0 Å². The molecule has 178 valence electrons. The molecule has 0 saturated carbocycles. The van der Waals surface area contributed by atoms with Gasteiger partial charge in [-0.05, 0) is 97.7 Å². The Hall–Kier alpha value is -2.42. The van der Waals surface area contributed by atoms with Gasteiger partial charge < -0.3 is 0 Å². The van der Waals surface area contributed by atoms with Crippen molar-refractivity contribution < 1.29 is 0 Å². The monoisotopic (exact) mass is 494 g/mol. The van der Waals surface area contributed by atoms with E-state index >= 15 is 0 Å². The van der Waals surface area contributed by atoms with Gasteiger partial charge in [-0.15, -0.1) is 22.7 Å². The van der Waals surface area contributed by atoms with E-state index in [9.17, 15) is 0 Å². The normalized spacial score (nSPS) is 12.1. The fraction of sp³-hybridized carbons (Fsp3) is 0.333. The number of benzene rings is 4. The van der Waals surface area contributed by atoms with E-state index in [0.29, 0.717) is 0 Å². The fourth-order valence-electron chi connectivity index (χ4n) is 5.65. The summed E-state index contributed by atoms with van der Waals surface area (Å²) in [7, 11) is 0. The second kappa shape index (κ2) is 10.3. The number of fused-ring (bicyclic) bond motifs is 7. The van der Waals surface area contributed by atoms with Crippen molar-refractivity contribution in [3.05, 3.63) is 70.9 Å². The van der Waals surface area contributed by atoms with Crippen molar-refractivity contribution in [2.24, 2.45) is 0 Å². The third-order valence-corrected chi connectivity index (χ3v) is 9.66. The van der Waals surface area contributed by atoms with Gasteiger partial charge in [0.25, 0.3) is 0 Å². The van der Waals surface area contributed by atoms with Gasteiger partial charge in [0, 0.05) is 14.3 Å². The van der Waals surface area contributed by atoms with Crippen LogP contribution in [0.3, 0.4) is 0 Å². The van der Waals surface area contributed by atoms with Crippen molar-refractivity contribution in [3.8, 4) is 0 Å². The Kier molecular flexibility index (Phi) is 6.76.